The van der Waals surface area contributed by atoms with Crippen molar-refractivity contribution in [2.24, 2.45) is 0 Å². The van der Waals surface area contributed by atoms with Gasteiger partial charge in [0.15, 0.2) is 5.16 Å². The summed E-state index contributed by atoms with van der Waals surface area (Å²) in [4.78, 5) is 29.6. The molecule has 0 radical (unpaired) electrons. The number of rotatable bonds is 5. The molecular weight excluding hydrogens is 358 g/mol. The van der Waals surface area contributed by atoms with Crippen molar-refractivity contribution in [1.82, 2.24) is 9.97 Å². The maximum atomic E-state index is 11.6. The Morgan fingerprint density at radius 2 is 2.19 bits per heavy atom. The number of benzene rings is 1. The van der Waals surface area contributed by atoms with Gasteiger partial charge in [0.05, 0.1) is 9.82 Å². The van der Waals surface area contributed by atoms with Gasteiger partial charge in [-0.15, -0.1) is 0 Å². The third kappa shape index (κ3) is 4.15. The second kappa shape index (κ2) is 6.86. The lowest BCUT2D eigenvalue weighted by molar-refractivity contribution is -0.387. The number of H-pyrrole nitrogens is 1. The van der Waals surface area contributed by atoms with E-state index in [2.05, 4.69) is 25.9 Å². The number of nitrogens with one attached hydrogen (secondary N) is 1. The van der Waals surface area contributed by atoms with E-state index in [0.29, 0.717) is 26.6 Å². The molecule has 0 aliphatic carbocycles. The van der Waals surface area contributed by atoms with Crippen LogP contribution in [0.1, 0.15) is 19.0 Å². The van der Waals surface area contributed by atoms with Crippen LogP contribution in [0.2, 0.25) is 0 Å². The Hall–Kier alpha value is -1.67. The summed E-state index contributed by atoms with van der Waals surface area (Å²) < 4.78 is 0.625. The molecule has 1 heterocycles. The van der Waals surface area contributed by atoms with Crippen LogP contribution in [0.5, 0.6) is 0 Å². The van der Waals surface area contributed by atoms with E-state index < -0.39 is 4.92 Å². The topological polar surface area (TPSA) is 88.9 Å². The molecule has 0 aliphatic heterocycles. The monoisotopic (exact) mass is 369 g/mol. The number of nitro groups is 1. The van der Waals surface area contributed by atoms with Crippen LogP contribution in [0.15, 0.2) is 43.6 Å². The second-order valence-corrected chi connectivity index (χ2v) is 6.21. The Bertz CT molecular complexity index is 733. The summed E-state index contributed by atoms with van der Waals surface area (Å²) in [7, 11) is 0. The summed E-state index contributed by atoms with van der Waals surface area (Å²) in [5.41, 5.74) is 0.400. The van der Waals surface area contributed by atoms with Gasteiger partial charge in [0.25, 0.3) is 11.2 Å². The largest absolute Gasteiger partial charge is 0.301 e. The molecule has 1 N–H and O–H groups in total. The number of aromatic nitrogens is 2. The van der Waals surface area contributed by atoms with Crippen LogP contribution in [0, 0.1) is 10.1 Å². The fourth-order valence-corrected chi connectivity index (χ4v) is 2.99. The average molecular weight is 370 g/mol. The van der Waals surface area contributed by atoms with Gasteiger partial charge in [0, 0.05) is 22.3 Å². The van der Waals surface area contributed by atoms with Gasteiger partial charge in [-0.1, -0.05) is 29.3 Å². The summed E-state index contributed by atoms with van der Waals surface area (Å²) >= 11 is 4.28. The van der Waals surface area contributed by atoms with Crippen molar-refractivity contribution in [3.05, 3.63) is 54.9 Å². The summed E-state index contributed by atoms with van der Waals surface area (Å²) in [6.45, 7) is 2.00. The molecule has 0 aliphatic rings. The molecule has 0 spiro atoms. The molecule has 0 amide bonds. The zero-order valence-electron chi connectivity index (χ0n) is 11.1. The Kier molecular flexibility index (Phi) is 5.13. The first-order valence-electron chi connectivity index (χ1n) is 6.21. The maximum Gasteiger partial charge on any atom is 0.284 e. The van der Waals surface area contributed by atoms with E-state index in [1.807, 2.05) is 6.92 Å². The van der Waals surface area contributed by atoms with E-state index >= 15 is 0 Å². The smallest absolute Gasteiger partial charge is 0.284 e. The maximum absolute atomic E-state index is 11.6. The molecule has 0 saturated heterocycles. The second-order valence-electron chi connectivity index (χ2n) is 4.26. The number of aromatic amines is 1. The zero-order chi connectivity index (χ0) is 15.4. The van der Waals surface area contributed by atoms with Gasteiger partial charge in [-0.25, -0.2) is 4.98 Å². The van der Waals surface area contributed by atoms with Crippen LogP contribution in [-0.2, 0) is 6.42 Å². The molecule has 21 heavy (non-hydrogen) atoms. The lowest BCUT2D eigenvalue weighted by Gasteiger charge is -2.04. The van der Waals surface area contributed by atoms with Gasteiger partial charge in [0.2, 0.25) is 0 Å². The Morgan fingerprint density at radius 3 is 2.86 bits per heavy atom. The minimum atomic E-state index is -0.457. The first-order valence-corrected chi connectivity index (χ1v) is 7.82. The van der Waals surface area contributed by atoms with Crippen molar-refractivity contribution in [2.75, 3.05) is 0 Å². The normalized spacial score (nSPS) is 10.6. The Balaban J connectivity index is 2.38. The molecular formula is C13H12BrN3O3S. The van der Waals surface area contributed by atoms with Gasteiger partial charge in [-0.3, -0.25) is 14.9 Å². The first-order chi connectivity index (χ1) is 9.99. The first kappa shape index (κ1) is 15.7. The van der Waals surface area contributed by atoms with Gasteiger partial charge in [0.1, 0.15) is 0 Å². The highest BCUT2D eigenvalue weighted by Crippen LogP contribution is 2.34. The third-order valence-electron chi connectivity index (χ3n) is 2.60. The SMILES string of the molecule is CCCc1cc(=O)[nH]c(Sc2ccc(Br)cc2[N+](=O)[O-])n1. The molecule has 0 fully saturated rings. The van der Waals surface area contributed by atoms with E-state index in [-0.39, 0.29) is 11.2 Å². The van der Waals surface area contributed by atoms with Gasteiger partial charge in [-0.05, 0) is 30.3 Å². The lowest BCUT2D eigenvalue weighted by atomic mass is 10.2. The standard InChI is InChI=1S/C13H12BrN3O3S/c1-2-3-9-7-12(18)16-13(15-9)21-11-5-4-8(14)6-10(11)17(19)20/h4-7H,2-3H2,1H3,(H,15,16,18). The highest BCUT2D eigenvalue weighted by Gasteiger charge is 2.16. The molecule has 6 nitrogen and oxygen atoms in total. The Labute approximate surface area is 133 Å². The highest BCUT2D eigenvalue weighted by molar-refractivity contribution is 9.10. The van der Waals surface area contributed by atoms with Crippen LogP contribution in [-0.4, -0.2) is 14.9 Å². The number of nitro benzene ring substituents is 1. The number of hydrogen-bond donors (Lipinski definition) is 1. The predicted molar refractivity (Wildman–Crippen MR) is 83.8 cm³/mol. The van der Waals surface area contributed by atoms with Crippen molar-refractivity contribution < 1.29 is 4.92 Å². The molecule has 1 aromatic carbocycles. The van der Waals surface area contributed by atoms with Crippen molar-refractivity contribution >= 4 is 33.4 Å². The third-order valence-corrected chi connectivity index (χ3v) is 4.05. The van der Waals surface area contributed by atoms with E-state index in [1.54, 1.807) is 12.1 Å². The number of hydrogen-bond acceptors (Lipinski definition) is 5. The molecule has 0 bridgehead atoms. The van der Waals surface area contributed by atoms with E-state index in [0.717, 1.165) is 18.2 Å². The minimum absolute atomic E-state index is 0.0297. The van der Waals surface area contributed by atoms with Crippen LogP contribution >= 0.6 is 27.7 Å². The predicted octanol–water partition coefficient (Wildman–Crippen LogP) is 3.54. The lowest BCUT2D eigenvalue weighted by Crippen LogP contribution is -2.09. The average Bonchev–Trinajstić information content (AvgIpc) is 2.40. The summed E-state index contributed by atoms with van der Waals surface area (Å²) in [5.74, 6) is 0. The van der Waals surface area contributed by atoms with Crippen molar-refractivity contribution in [3.63, 3.8) is 0 Å². The van der Waals surface area contributed by atoms with Crippen LogP contribution < -0.4 is 5.56 Å². The summed E-state index contributed by atoms with van der Waals surface area (Å²) in [5, 5.41) is 11.4. The van der Waals surface area contributed by atoms with Crippen molar-refractivity contribution in [3.8, 4) is 0 Å². The number of aryl methyl sites for hydroxylation is 1. The van der Waals surface area contributed by atoms with Crippen LogP contribution in [0.4, 0.5) is 5.69 Å². The highest BCUT2D eigenvalue weighted by atomic mass is 79.9. The minimum Gasteiger partial charge on any atom is -0.301 e. The van der Waals surface area contributed by atoms with Gasteiger partial charge < -0.3 is 4.98 Å². The molecule has 0 atom stereocenters. The quantitative estimate of drug-likeness (QED) is 0.494. The number of nitrogens with zero attached hydrogens (tertiary/aromatic N) is 2. The summed E-state index contributed by atoms with van der Waals surface area (Å²) in [6.07, 6.45) is 1.57. The molecule has 110 valence electrons. The van der Waals surface area contributed by atoms with Crippen LogP contribution in [0.3, 0.4) is 0 Å². The Morgan fingerprint density at radius 1 is 1.43 bits per heavy atom. The molecule has 0 saturated carbocycles. The fourth-order valence-electron chi connectivity index (χ4n) is 1.74. The van der Waals surface area contributed by atoms with E-state index in [1.165, 1.54) is 12.1 Å². The summed E-state index contributed by atoms with van der Waals surface area (Å²) in [6, 6.07) is 6.21. The van der Waals surface area contributed by atoms with Gasteiger partial charge in [-0.2, -0.15) is 0 Å². The molecule has 1 aromatic heterocycles. The van der Waals surface area contributed by atoms with Crippen molar-refractivity contribution in [1.29, 1.82) is 0 Å². The molecule has 2 rings (SSSR count). The zero-order valence-corrected chi connectivity index (χ0v) is 13.5. The van der Waals surface area contributed by atoms with Crippen molar-refractivity contribution in [2.45, 2.75) is 29.8 Å². The molecule has 8 heteroatoms. The van der Waals surface area contributed by atoms with E-state index in [9.17, 15) is 14.9 Å². The van der Waals surface area contributed by atoms with E-state index in [4.69, 9.17) is 0 Å². The van der Waals surface area contributed by atoms with Crippen LogP contribution in [0.25, 0.3) is 0 Å². The van der Waals surface area contributed by atoms with Gasteiger partial charge >= 0.3 is 0 Å². The molecule has 0 unspecified atom stereocenters. The molecule has 2 aromatic rings. The fraction of sp³-hybridized carbons (Fsp3) is 0.231. The number of halogens is 1.